The fourth-order valence-electron chi connectivity index (χ4n) is 2.86. The van der Waals surface area contributed by atoms with Crippen molar-refractivity contribution < 1.29 is 4.74 Å². The third kappa shape index (κ3) is 4.03. The maximum Gasteiger partial charge on any atom is 0.119 e. The van der Waals surface area contributed by atoms with Crippen molar-refractivity contribution in [3.63, 3.8) is 0 Å². The smallest absolute Gasteiger partial charge is 0.119 e. The van der Waals surface area contributed by atoms with Gasteiger partial charge in [-0.3, -0.25) is 4.99 Å². The second-order valence-electron chi connectivity index (χ2n) is 6.26. The number of hydrogen-bond acceptors (Lipinski definition) is 4. The van der Waals surface area contributed by atoms with Gasteiger partial charge in [0.2, 0.25) is 0 Å². The minimum atomic E-state index is 0.579. The predicted octanol–water partition coefficient (Wildman–Crippen LogP) is 4.83. The average molecular weight is 343 g/mol. The van der Waals surface area contributed by atoms with Crippen LogP contribution in [0.15, 0.2) is 77.8 Å². The summed E-state index contributed by atoms with van der Waals surface area (Å²) >= 11 is 0. The van der Waals surface area contributed by atoms with E-state index in [1.54, 1.807) is 6.34 Å². The Kier molecular flexibility index (Phi) is 4.83. The van der Waals surface area contributed by atoms with E-state index < -0.39 is 0 Å². The zero-order chi connectivity index (χ0) is 17.6. The minimum absolute atomic E-state index is 0.579. The van der Waals surface area contributed by atoms with Gasteiger partial charge in [0, 0.05) is 17.9 Å². The highest BCUT2D eigenvalue weighted by Gasteiger charge is 2.06. The number of anilines is 2. The Balaban J connectivity index is 1.32. The molecule has 0 radical (unpaired) electrons. The van der Waals surface area contributed by atoms with Crippen molar-refractivity contribution in [1.82, 2.24) is 0 Å². The molecule has 3 aromatic carbocycles. The molecule has 4 rings (SSSR count). The van der Waals surface area contributed by atoms with Crippen molar-refractivity contribution in [2.45, 2.75) is 19.7 Å². The summed E-state index contributed by atoms with van der Waals surface area (Å²) in [6.45, 7) is 2.11. The fraction of sp³-hybridized carbons (Fsp3) is 0.136. The van der Waals surface area contributed by atoms with Crippen molar-refractivity contribution in [2.75, 3.05) is 10.6 Å². The van der Waals surface area contributed by atoms with E-state index in [2.05, 4.69) is 58.1 Å². The van der Waals surface area contributed by atoms with Crippen LogP contribution in [-0.2, 0) is 19.7 Å². The highest BCUT2D eigenvalue weighted by atomic mass is 16.5. The quantitative estimate of drug-likeness (QED) is 0.674. The molecule has 0 bridgehead atoms. The average Bonchev–Trinajstić information content (AvgIpc) is 2.72. The lowest BCUT2D eigenvalue weighted by atomic mass is 10.1. The molecule has 0 saturated carbocycles. The van der Waals surface area contributed by atoms with Crippen LogP contribution in [0.4, 0.5) is 11.4 Å². The van der Waals surface area contributed by atoms with Crippen LogP contribution in [0.5, 0.6) is 5.75 Å². The van der Waals surface area contributed by atoms with Crippen LogP contribution >= 0.6 is 0 Å². The van der Waals surface area contributed by atoms with Crippen LogP contribution in [0.25, 0.3) is 0 Å². The third-order valence-electron chi connectivity index (χ3n) is 4.35. The van der Waals surface area contributed by atoms with Gasteiger partial charge in [-0.2, -0.15) is 0 Å². The maximum atomic E-state index is 5.78. The summed E-state index contributed by atoms with van der Waals surface area (Å²) in [5.74, 6) is 0.893. The van der Waals surface area contributed by atoms with E-state index in [4.69, 9.17) is 4.74 Å². The number of benzene rings is 3. The van der Waals surface area contributed by atoms with E-state index in [1.807, 2.05) is 30.3 Å². The van der Waals surface area contributed by atoms with Gasteiger partial charge in [-0.1, -0.05) is 48.5 Å². The van der Waals surface area contributed by atoms with Gasteiger partial charge in [0.25, 0.3) is 0 Å². The molecule has 4 heteroatoms. The fourth-order valence-corrected chi connectivity index (χ4v) is 2.86. The highest BCUT2D eigenvalue weighted by molar-refractivity contribution is 5.81. The Hall–Kier alpha value is -3.27. The molecule has 0 atom stereocenters. The van der Waals surface area contributed by atoms with Crippen LogP contribution in [0.2, 0.25) is 0 Å². The van der Waals surface area contributed by atoms with E-state index in [9.17, 15) is 0 Å². The normalized spacial score (nSPS) is 12.2. The Labute approximate surface area is 153 Å². The molecule has 0 aliphatic carbocycles. The Morgan fingerprint density at radius 3 is 2.58 bits per heavy atom. The van der Waals surface area contributed by atoms with Gasteiger partial charge in [0.15, 0.2) is 0 Å². The number of rotatable bonds is 6. The Bertz CT molecular complexity index is 889. The van der Waals surface area contributed by atoms with Gasteiger partial charge in [0.05, 0.1) is 12.9 Å². The van der Waals surface area contributed by atoms with E-state index in [-0.39, 0.29) is 0 Å². The first-order valence-corrected chi connectivity index (χ1v) is 8.74. The van der Waals surface area contributed by atoms with E-state index in [0.717, 1.165) is 35.8 Å². The van der Waals surface area contributed by atoms with Crippen LogP contribution in [0.1, 0.15) is 16.7 Å². The first-order chi connectivity index (χ1) is 12.9. The molecule has 130 valence electrons. The third-order valence-corrected chi connectivity index (χ3v) is 4.35. The van der Waals surface area contributed by atoms with Gasteiger partial charge in [-0.25, -0.2) is 0 Å². The lowest BCUT2D eigenvalue weighted by molar-refractivity contribution is 0.306. The summed E-state index contributed by atoms with van der Waals surface area (Å²) in [5, 5.41) is 6.66. The topological polar surface area (TPSA) is 45.7 Å². The van der Waals surface area contributed by atoms with Crippen molar-refractivity contribution in [3.05, 3.63) is 89.5 Å². The molecule has 0 fully saturated rings. The predicted molar refractivity (Wildman–Crippen MR) is 107 cm³/mol. The Morgan fingerprint density at radius 2 is 1.73 bits per heavy atom. The summed E-state index contributed by atoms with van der Waals surface area (Å²) < 4.78 is 5.78. The first-order valence-electron chi connectivity index (χ1n) is 8.74. The molecule has 3 aromatic rings. The van der Waals surface area contributed by atoms with Crippen LogP contribution in [0.3, 0.4) is 0 Å². The molecule has 0 amide bonds. The number of para-hydroxylation sites is 1. The molecule has 26 heavy (non-hydrogen) atoms. The number of nitrogens with zero attached hydrogens (tertiary/aromatic N) is 1. The minimum Gasteiger partial charge on any atom is -0.489 e. The molecule has 0 spiro atoms. The lowest BCUT2D eigenvalue weighted by Crippen LogP contribution is -2.06. The summed E-state index contributed by atoms with van der Waals surface area (Å²) in [5.41, 5.74) is 5.85. The van der Waals surface area contributed by atoms with Crippen LogP contribution in [-0.4, -0.2) is 6.34 Å². The molecule has 1 aliphatic rings. The molecule has 0 unspecified atom stereocenters. The summed E-state index contributed by atoms with van der Waals surface area (Å²) in [4.78, 5) is 4.22. The first kappa shape index (κ1) is 16.2. The van der Waals surface area contributed by atoms with Gasteiger partial charge in [-0.05, 0) is 41.0 Å². The molecular weight excluding hydrogens is 322 g/mol. The molecule has 0 saturated heterocycles. The number of fused-ring (bicyclic) bond motifs is 1. The standard InChI is InChI=1S/C22H21N3O/c1-2-4-21(5-3-1)26-15-18-8-6-17(7-9-18)13-24-20-11-10-19-14-23-16-25-22(19)12-20/h1-12,16,24H,13-15H2,(H,23,25). The Morgan fingerprint density at radius 1 is 0.923 bits per heavy atom. The molecule has 2 N–H and O–H groups in total. The van der Waals surface area contributed by atoms with Crippen molar-refractivity contribution >= 4 is 17.7 Å². The molecule has 1 heterocycles. The second kappa shape index (κ2) is 7.74. The summed E-state index contributed by atoms with van der Waals surface area (Å²) in [6.07, 6.45) is 1.75. The summed E-state index contributed by atoms with van der Waals surface area (Å²) in [6, 6.07) is 24.7. The van der Waals surface area contributed by atoms with E-state index in [0.29, 0.717) is 6.61 Å². The molecule has 4 nitrogen and oxygen atoms in total. The summed E-state index contributed by atoms with van der Waals surface area (Å²) in [7, 11) is 0. The van der Waals surface area contributed by atoms with E-state index in [1.165, 1.54) is 11.1 Å². The van der Waals surface area contributed by atoms with Gasteiger partial charge in [-0.15, -0.1) is 0 Å². The number of ether oxygens (including phenoxy) is 1. The van der Waals surface area contributed by atoms with Crippen molar-refractivity contribution in [2.24, 2.45) is 4.99 Å². The lowest BCUT2D eigenvalue weighted by Gasteiger charge is -2.15. The van der Waals surface area contributed by atoms with E-state index >= 15 is 0 Å². The zero-order valence-electron chi connectivity index (χ0n) is 14.5. The molecule has 1 aliphatic heterocycles. The van der Waals surface area contributed by atoms with Crippen LogP contribution in [0, 0.1) is 0 Å². The maximum absolute atomic E-state index is 5.78. The molecular formula is C22H21N3O. The highest BCUT2D eigenvalue weighted by Crippen LogP contribution is 2.23. The number of nitrogens with one attached hydrogen (secondary N) is 2. The number of hydrogen-bond donors (Lipinski definition) is 2. The van der Waals surface area contributed by atoms with Gasteiger partial charge >= 0.3 is 0 Å². The monoisotopic (exact) mass is 343 g/mol. The molecule has 0 aromatic heterocycles. The zero-order valence-corrected chi connectivity index (χ0v) is 14.5. The second-order valence-corrected chi connectivity index (χ2v) is 6.26. The largest absolute Gasteiger partial charge is 0.489 e. The van der Waals surface area contributed by atoms with Crippen molar-refractivity contribution in [1.29, 1.82) is 0 Å². The van der Waals surface area contributed by atoms with Gasteiger partial charge in [0.1, 0.15) is 12.4 Å². The van der Waals surface area contributed by atoms with Crippen molar-refractivity contribution in [3.8, 4) is 5.75 Å². The number of aliphatic imine (C=N–C) groups is 1. The SMILES string of the molecule is C1=NCc2ccc(NCc3ccc(COc4ccccc4)cc3)cc2N1. The van der Waals surface area contributed by atoms with Crippen LogP contribution < -0.4 is 15.4 Å². The van der Waals surface area contributed by atoms with Gasteiger partial charge < -0.3 is 15.4 Å².